The number of ether oxygens (including phenoxy) is 1. The molecule has 6 heteroatoms. The lowest BCUT2D eigenvalue weighted by Gasteiger charge is -2.36. The van der Waals surface area contributed by atoms with Crippen LogP contribution in [0.5, 0.6) is 5.75 Å². The van der Waals surface area contributed by atoms with Crippen molar-refractivity contribution in [2.75, 3.05) is 38.2 Å². The first-order valence-electron chi connectivity index (χ1n) is 10.9. The summed E-state index contributed by atoms with van der Waals surface area (Å²) in [6.45, 7) is 6.63. The van der Waals surface area contributed by atoms with E-state index in [0.29, 0.717) is 18.7 Å². The average Bonchev–Trinajstić information content (AvgIpc) is 3.16. The SMILES string of the molecule is COc1ccc(N2CCN(C(=O)Cn3c(-c4ccccc4)cc(C(C)=O)c3C)CC2)cc1. The molecule has 0 unspecified atom stereocenters. The molecule has 0 aliphatic carbocycles. The van der Waals surface area contributed by atoms with Gasteiger partial charge >= 0.3 is 0 Å². The molecular weight excluding hydrogens is 402 g/mol. The molecule has 2 aromatic carbocycles. The Morgan fingerprint density at radius 1 is 0.938 bits per heavy atom. The monoisotopic (exact) mass is 431 g/mol. The highest BCUT2D eigenvalue weighted by Crippen LogP contribution is 2.27. The lowest BCUT2D eigenvalue weighted by Crippen LogP contribution is -2.49. The summed E-state index contributed by atoms with van der Waals surface area (Å²) in [6.07, 6.45) is 0. The van der Waals surface area contributed by atoms with E-state index in [1.54, 1.807) is 14.0 Å². The van der Waals surface area contributed by atoms with Crippen molar-refractivity contribution < 1.29 is 14.3 Å². The summed E-state index contributed by atoms with van der Waals surface area (Å²) < 4.78 is 7.21. The molecule has 0 bridgehead atoms. The van der Waals surface area contributed by atoms with Crippen LogP contribution >= 0.6 is 0 Å². The summed E-state index contributed by atoms with van der Waals surface area (Å²) in [5, 5.41) is 0. The third-order valence-corrected chi connectivity index (χ3v) is 6.18. The molecule has 1 aliphatic rings. The lowest BCUT2D eigenvalue weighted by atomic mass is 10.1. The Bertz CT molecular complexity index is 1100. The predicted molar refractivity (Wildman–Crippen MR) is 126 cm³/mol. The zero-order valence-corrected chi connectivity index (χ0v) is 18.9. The molecule has 0 radical (unpaired) electrons. The Hall–Kier alpha value is -3.54. The van der Waals surface area contributed by atoms with Crippen LogP contribution in [-0.2, 0) is 11.3 Å². The Morgan fingerprint density at radius 3 is 2.19 bits per heavy atom. The molecule has 0 spiro atoms. The van der Waals surface area contributed by atoms with Gasteiger partial charge in [0.25, 0.3) is 0 Å². The number of carbonyl (C=O) groups excluding carboxylic acids is 2. The summed E-state index contributed by atoms with van der Waals surface area (Å²) in [5.41, 5.74) is 4.54. The lowest BCUT2D eigenvalue weighted by molar-refractivity contribution is -0.132. The van der Waals surface area contributed by atoms with Crippen molar-refractivity contribution in [3.63, 3.8) is 0 Å². The van der Waals surface area contributed by atoms with Gasteiger partial charge in [-0.2, -0.15) is 0 Å². The fraction of sp³-hybridized carbons (Fsp3) is 0.308. The van der Waals surface area contributed by atoms with Crippen LogP contribution in [0.3, 0.4) is 0 Å². The van der Waals surface area contributed by atoms with Crippen molar-refractivity contribution >= 4 is 17.4 Å². The molecule has 6 nitrogen and oxygen atoms in total. The number of amides is 1. The van der Waals surface area contributed by atoms with Crippen molar-refractivity contribution in [1.82, 2.24) is 9.47 Å². The van der Waals surface area contributed by atoms with Gasteiger partial charge < -0.3 is 19.1 Å². The maximum Gasteiger partial charge on any atom is 0.242 e. The molecule has 4 rings (SSSR count). The van der Waals surface area contributed by atoms with Crippen LogP contribution in [0.4, 0.5) is 5.69 Å². The van der Waals surface area contributed by atoms with Gasteiger partial charge in [-0.25, -0.2) is 0 Å². The van der Waals surface area contributed by atoms with Crippen molar-refractivity contribution in [2.45, 2.75) is 20.4 Å². The van der Waals surface area contributed by atoms with Crippen LogP contribution in [0.1, 0.15) is 23.0 Å². The fourth-order valence-electron chi connectivity index (χ4n) is 4.30. The van der Waals surface area contributed by atoms with Gasteiger partial charge in [0.05, 0.1) is 7.11 Å². The number of aromatic nitrogens is 1. The van der Waals surface area contributed by atoms with Crippen LogP contribution in [-0.4, -0.2) is 54.4 Å². The molecule has 0 atom stereocenters. The number of anilines is 1. The summed E-state index contributed by atoms with van der Waals surface area (Å²) in [7, 11) is 1.66. The minimum absolute atomic E-state index is 0.0130. The van der Waals surface area contributed by atoms with Gasteiger partial charge in [0, 0.05) is 48.8 Å². The molecule has 1 saturated heterocycles. The van der Waals surface area contributed by atoms with E-state index in [2.05, 4.69) is 17.0 Å². The highest BCUT2D eigenvalue weighted by molar-refractivity contribution is 5.97. The number of hydrogen-bond donors (Lipinski definition) is 0. The molecule has 2 heterocycles. The number of benzene rings is 2. The second-order valence-corrected chi connectivity index (χ2v) is 8.10. The highest BCUT2D eigenvalue weighted by Gasteiger charge is 2.24. The number of methoxy groups -OCH3 is 1. The number of hydrogen-bond acceptors (Lipinski definition) is 4. The summed E-state index contributed by atoms with van der Waals surface area (Å²) in [6, 6.07) is 19.8. The van der Waals surface area contributed by atoms with Gasteiger partial charge in [-0.1, -0.05) is 30.3 Å². The number of Topliss-reactive ketones (excluding diaryl/α,β-unsaturated/α-hetero) is 1. The minimum atomic E-state index is 0.0130. The van der Waals surface area contributed by atoms with Gasteiger partial charge in [0.1, 0.15) is 12.3 Å². The third kappa shape index (κ3) is 4.40. The third-order valence-electron chi connectivity index (χ3n) is 6.18. The predicted octanol–water partition coefficient (Wildman–Crippen LogP) is 4.02. The molecular formula is C26H29N3O3. The second-order valence-electron chi connectivity index (χ2n) is 8.10. The van der Waals surface area contributed by atoms with Crippen molar-refractivity contribution in [2.24, 2.45) is 0 Å². The Kier molecular flexibility index (Phi) is 6.30. The smallest absolute Gasteiger partial charge is 0.242 e. The van der Waals surface area contributed by atoms with Crippen LogP contribution < -0.4 is 9.64 Å². The Morgan fingerprint density at radius 2 is 1.59 bits per heavy atom. The largest absolute Gasteiger partial charge is 0.497 e. The quantitative estimate of drug-likeness (QED) is 0.553. The molecule has 1 aliphatic heterocycles. The van der Waals surface area contributed by atoms with Crippen LogP contribution in [0.2, 0.25) is 0 Å². The van der Waals surface area contributed by atoms with Gasteiger partial charge in [0.2, 0.25) is 5.91 Å². The van der Waals surface area contributed by atoms with E-state index in [0.717, 1.165) is 41.5 Å². The number of ketones is 1. The summed E-state index contributed by atoms with van der Waals surface area (Å²) in [5.74, 6) is 0.924. The molecule has 3 aromatic rings. The van der Waals surface area contributed by atoms with Crippen LogP contribution in [0.25, 0.3) is 11.3 Å². The van der Waals surface area contributed by atoms with Crippen molar-refractivity contribution in [3.05, 3.63) is 71.9 Å². The van der Waals surface area contributed by atoms with E-state index in [-0.39, 0.29) is 18.2 Å². The molecule has 0 saturated carbocycles. The normalized spacial score (nSPS) is 13.8. The summed E-state index contributed by atoms with van der Waals surface area (Å²) >= 11 is 0. The van der Waals surface area contributed by atoms with Gasteiger partial charge in [0.15, 0.2) is 5.78 Å². The van der Waals surface area contributed by atoms with E-state index in [9.17, 15) is 9.59 Å². The molecule has 166 valence electrons. The number of piperazine rings is 1. The summed E-state index contributed by atoms with van der Waals surface area (Å²) in [4.78, 5) is 29.5. The Balaban J connectivity index is 1.48. The maximum absolute atomic E-state index is 13.2. The molecule has 1 amide bonds. The molecule has 0 N–H and O–H groups in total. The Labute approximate surface area is 189 Å². The standard InChI is InChI=1S/C26H29N3O3/c1-19-24(20(2)30)17-25(21-7-5-4-6-8-21)29(19)18-26(31)28-15-13-27(14-16-28)22-9-11-23(32-3)12-10-22/h4-12,17H,13-16,18H2,1-3H3. The minimum Gasteiger partial charge on any atom is -0.497 e. The van der Waals surface area contributed by atoms with E-state index < -0.39 is 0 Å². The number of rotatable bonds is 6. The van der Waals surface area contributed by atoms with Crippen molar-refractivity contribution in [3.8, 4) is 17.0 Å². The highest BCUT2D eigenvalue weighted by atomic mass is 16.5. The first kappa shape index (κ1) is 21.7. The van der Waals surface area contributed by atoms with Gasteiger partial charge in [-0.05, 0) is 49.7 Å². The van der Waals surface area contributed by atoms with E-state index in [4.69, 9.17) is 4.74 Å². The fourth-order valence-corrected chi connectivity index (χ4v) is 4.30. The zero-order valence-electron chi connectivity index (χ0n) is 18.9. The van der Waals surface area contributed by atoms with Crippen molar-refractivity contribution in [1.29, 1.82) is 0 Å². The van der Waals surface area contributed by atoms with Crippen LogP contribution in [0.15, 0.2) is 60.7 Å². The van der Waals surface area contributed by atoms with Crippen LogP contribution in [0, 0.1) is 6.92 Å². The maximum atomic E-state index is 13.2. The molecule has 1 fully saturated rings. The second kappa shape index (κ2) is 9.30. The topological polar surface area (TPSA) is 54.8 Å². The average molecular weight is 432 g/mol. The van der Waals surface area contributed by atoms with Gasteiger partial charge in [-0.15, -0.1) is 0 Å². The zero-order chi connectivity index (χ0) is 22.7. The van der Waals surface area contributed by atoms with Gasteiger partial charge in [-0.3, -0.25) is 9.59 Å². The number of carbonyl (C=O) groups is 2. The van der Waals surface area contributed by atoms with E-state index in [1.807, 2.05) is 64.9 Å². The number of nitrogens with zero attached hydrogens (tertiary/aromatic N) is 3. The first-order chi connectivity index (χ1) is 15.5. The van der Waals surface area contributed by atoms with E-state index in [1.165, 1.54) is 0 Å². The molecule has 32 heavy (non-hydrogen) atoms. The first-order valence-corrected chi connectivity index (χ1v) is 10.9. The molecule has 1 aromatic heterocycles. The van der Waals surface area contributed by atoms with E-state index >= 15 is 0 Å².